The normalized spacial score (nSPS) is 22.3. The monoisotopic (exact) mass is 932 g/mol. The molecule has 9 rings (SSSR count). The van der Waals surface area contributed by atoms with Crippen molar-refractivity contribution in [2.45, 2.75) is 54.2 Å². The quantitative estimate of drug-likeness (QED) is 0.156. The van der Waals surface area contributed by atoms with Gasteiger partial charge in [-0.3, -0.25) is 0 Å². The Morgan fingerprint density at radius 3 is 1.31 bits per heavy atom. The molecule has 4 atom stereocenters. The number of hydrogen-bond donors (Lipinski definition) is 0. The van der Waals surface area contributed by atoms with Gasteiger partial charge >= 0.3 is 319 Å². The van der Waals surface area contributed by atoms with E-state index in [1.54, 1.807) is 23.3 Å². The molecule has 276 valence electrons. The number of halogens is 4. The van der Waals surface area contributed by atoms with Crippen LogP contribution >= 0.6 is 0 Å². The Kier molecular flexibility index (Phi) is 11.7. The van der Waals surface area contributed by atoms with Gasteiger partial charge in [0.15, 0.2) is 0 Å². The minimum absolute atomic E-state index is 0. The smallest absolute Gasteiger partial charge is 1.00 e. The summed E-state index contributed by atoms with van der Waals surface area (Å²) >= 11 is -3.18. The van der Waals surface area contributed by atoms with Gasteiger partial charge in [-0.1, -0.05) is 0 Å². The summed E-state index contributed by atoms with van der Waals surface area (Å²) < 4.78 is 35.4. The first kappa shape index (κ1) is 39.3. The van der Waals surface area contributed by atoms with Crippen molar-refractivity contribution in [3.63, 3.8) is 0 Å². The standard InChI is InChI=1S/2C24H20F.C2H4.2ClH.Hf/c2*1-2-17-14-19-10-6-7-11-21(23(19)15-17)20-12-13-22(24(25)16-20)18-8-4-3-5-9-18;1-2;;;/h2*3-16,21H,2H2,1H3;1-2H2;2*1H;/q;;;;;+2/p-2. The van der Waals surface area contributed by atoms with E-state index in [9.17, 15) is 0 Å². The van der Waals surface area contributed by atoms with E-state index in [-0.39, 0.29) is 48.3 Å². The van der Waals surface area contributed by atoms with Crippen LogP contribution in [0, 0.1) is 11.6 Å². The average Bonchev–Trinajstić information content (AvgIpc) is 3.88. The number of rotatable bonds is 8. The molecule has 0 amide bonds. The maximum Gasteiger partial charge on any atom is -1.00 e. The molecule has 1 saturated heterocycles. The van der Waals surface area contributed by atoms with Crippen LogP contribution in [0.2, 0.25) is 15.7 Å². The van der Waals surface area contributed by atoms with E-state index in [1.807, 2.05) is 72.8 Å². The Morgan fingerprint density at radius 1 is 0.527 bits per heavy atom. The fourth-order valence-corrected chi connectivity index (χ4v) is 38.4. The number of allylic oxidation sites excluding steroid dienone is 16. The number of hydrogen-bond acceptors (Lipinski definition) is 0. The maximum atomic E-state index is 15.8. The Hall–Kier alpha value is -3.89. The van der Waals surface area contributed by atoms with Crippen LogP contribution in [0.4, 0.5) is 8.78 Å². The van der Waals surface area contributed by atoms with Gasteiger partial charge in [0, 0.05) is 0 Å². The van der Waals surface area contributed by atoms with E-state index >= 15 is 8.78 Å². The first-order valence-corrected chi connectivity index (χ1v) is 28.5. The summed E-state index contributed by atoms with van der Waals surface area (Å²) in [6.07, 6.45) is 25.2. The van der Waals surface area contributed by atoms with Crippen LogP contribution in [0.25, 0.3) is 22.3 Å². The number of benzene rings is 4. The molecular formula is C50H44Cl2F2Hf. The van der Waals surface area contributed by atoms with Crippen LogP contribution in [0.15, 0.2) is 191 Å². The largest absolute Gasteiger partial charge is 1.00 e. The Bertz CT molecular complexity index is 2190. The van der Waals surface area contributed by atoms with Gasteiger partial charge in [-0.25, -0.2) is 0 Å². The maximum absolute atomic E-state index is 15.8. The van der Waals surface area contributed by atoms with Crippen molar-refractivity contribution in [3.8, 4) is 22.3 Å². The minimum Gasteiger partial charge on any atom is -1.00 e. The van der Waals surface area contributed by atoms with Crippen LogP contribution < -0.4 is 24.8 Å². The fraction of sp³-hybridized carbons (Fsp3) is 0.200. The summed E-state index contributed by atoms with van der Waals surface area (Å²) in [5, 5.41) is 0. The zero-order chi connectivity index (χ0) is 36.1. The Balaban J connectivity index is 0.00000233. The van der Waals surface area contributed by atoms with Gasteiger partial charge < -0.3 is 24.8 Å². The van der Waals surface area contributed by atoms with E-state index in [1.165, 1.54) is 30.6 Å². The van der Waals surface area contributed by atoms with Crippen molar-refractivity contribution in [3.05, 3.63) is 214 Å². The zero-order valence-electron chi connectivity index (χ0n) is 31.2. The van der Waals surface area contributed by atoms with Crippen LogP contribution in [0.3, 0.4) is 0 Å². The van der Waals surface area contributed by atoms with Crippen LogP contribution in [-0.2, 0) is 20.0 Å². The van der Waals surface area contributed by atoms with Crippen molar-refractivity contribution >= 4 is 0 Å². The van der Waals surface area contributed by atoms with Crippen LogP contribution in [-0.4, -0.2) is 0 Å². The molecule has 0 saturated carbocycles. The van der Waals surface area contributed by atoms with Crippen LogP contribution in [0.5, 0.6) is 0 Å². The molecule has 0 nitrogen and oxygen atoms in total. The summed E-state index contributed by atoms with van der Waals surface area (Å²) in [5.41, 5.74) is 13.9. The second-order valence-corrected chi connectivity index (χ2v) is 31.8. The molecule has 0 N–H and O–H groups in total. The van der Waals surface area contributed by atoms with Gasteiger partial charge in [0.05, 0.1) is 0 Å². The molecule has 4 aliphatic carbocycles. The van der Waals surface area contributed by atoms with E-state index in [2.05, 4.69) is 86.7 Å². The molecular weight excluding hydrogens is 888 g/mol. The van der Waals surface area contributed by atoms with Gasteiger partial charge in [0.2, 0.25) is 0 Å². The van der Waals surface area contributed by atoms with Gasteiger partial charge in [0.25, 0.3) is 0 Å². The third-order valence-electron chi connectivity index (χ3n) is 12.4. The predicted octanol–water partition coefficient (Wildman–Crippen LogP) is 8.30. The molecule has 4 aromatic rings. The molecule has 1 heterocycles. The molecule has 4 aromatic carbocycles. The first-order valence-electron chi connectivity index (χ1n) is 19.3. The second-order valence-electron chi connectivity index (χ2n) is 15.2. The van der Waals surface area contributed by atoms with Gasteiger partial charge in [0.1, 0.15) is 0 Å². The second kappa shape index (κ2) is 16.3. The minimum atomic E-state index is -3.18. The third kappa shape index (κ3) is 6.96. The van der Waals surface area contributed by atoms with Crippen molar-refractivity contribution in [2.24, 2.45) is 0 Å². The Morgan fingerprint density at radius 2 is 0.945 bits per heavy atom. The predicted molar refractivity (Wildman–Crippen MR) is 214 cm³/mol. The van der Waals surface area contributed by atoms with Crippen molar-refractivity contribution < 1.29 is 53.6 Å². The molecule has 0 spiro atoms. The molecule has 0 radical (unpaired) electrons. The van der Waals surface area contributed by atoms with Crippen molar-refractivity contribution in [1.29, 1.82) is 0 Å². The molecule has 0 aromatic heterocycles. The molecule has 5 heteroatoms. The molecule has 1 fully saturated rings. The molecule has 1 aliphatic heterocycles. The van der Waals surface area contributed by atoms with Crippen molar-refractivity contribution in [2.75, 3.05) is 0 Å². The van der Waals surface area contributed by atoms with Crippen LogP contribution in [0.1, 0.15) is 49.7 Å². The molecule has 55 heavy (non-hydrogen) atoms. The average molecular weight is 932 g/mol. The SMILES string of the molecule is CCC1=CC2=C(C=CC=CC2c2ccc(-c3ccccc3)c(F)c2)[CH]1[Hf+2]1([CH]2C(CC)=CC3=C2C=CC=CC3c2ccc(-c3ccccc3)c(F)c2)[CH2][CH2]1.[Cl-].[Cl-]. The van der Waals surface area contributed by atoms with E-state index in [4.69, 9.17) is 0 Å². The fourth-order valence-electron chi connectivity index (χ4n) is 9.86. The van der Waals surface area contributed by atoms with E-state index in [0.29, 0.717) is 18.5 Å². The van der Waals surface area contributed by atoms with Crippen molar-refractivity contribution in [1.82, 2.24) is 0 Å². The molecule has 0 bridgehead atoms. The van der Waals surface area contributed by atoms with E-state index in [0.717, 1.165) is 35.1 Å². The summed E-state index contributed by atoms with van der Waals surface area (Å²) in [5.74, 6) is -0.324. The van der Waals surface area contributed by atoms with E-state index < -0.39 is 20.0 Å². The van der Waals surface area contributed by atoms with Gasteiger partial charge in [-0.05, 0) is 0 Å². The van der Waals surface area contributed by atoms with Gasteiger partial charge in [-0.15, -0.1) is 0 Å². The third-order valence-corrected chi connectivity index (χ3v) is 31.5. The summed E-state index contributed by atoms with van der Waals surface area (Å²) in [6, 6.07) is 31.4. The van der Waals surface area contributed by atoms with Gasteiger partial charge in [-0.2, -0.15) is 0 Å². The zero-order valence-corrected chi connectivity index (χ0v) is 36.3. The summed E-state index contributed by atoms with van der Waals surface area (Å²) in [6.45, 7) is 4.65. The summed E-state index contributed by atoms with van der Waals surface area (Å²) in [7, 11) is 0. The summed E-state index contributed by atoms with van der Waals surface area (Å²) in [4.78, 5) is 0. The first-order chi connectivity index (χ1) is 26.0. The molecule has 4 unspecified atom stereocenters. The molecule has 5 aliphatic rings. The topological polar surface area (TPSA) is 0 Å². The Labute approximate surface area is 341 Å².